The lowest BCUT2D eigenvalue weighted by molar-refractivity contribution is 0.629. The number of pyridine rings is 1. The molecule has 1 aromatic heterocycles. The summed E-state index contributed by atoms with van der Waals surface area (Å²) in [6, 6.07) is 4.43. The highest BCUT2D eigenvalue weighted by molar-refractivity contribution is 9.10. The van der Waals surface area contributed by atoms with Crippen molar-refractivity contribution in [1.29, 1.82) is 0 Å². The zero-order valence-corrected chi connectivity index (χ0v) is 9.90. The zero-order valence-electron chi connectivity index (χ0n) is 7.50. The Morgan fingerprint density at radius 2 is 2.13 bits per heavy atom. The molecule has 2 nitrogen and oxygen atoms in total. The Balaban J connectivity index is 2.90. The number of halogens is 2. The van der Waals surface area contributed by atoms with Crippen molar-refractivity contribution in [3.05, 3.63) is 40.4 Å². The molecule has 0 radical (unpaired) electrons. The Morgan fingerprint density at radius 3 is 2.80 bits per heavy atom. The Morgan fingerprint density at radius 1 is 1.40 bits per heavy atom. The molecule has 0 amide bonds. The first-order chi connectivity index (χ1) is 7.09. The summed E-state index contributed by atoms with van der Waals surface area (Å²) in [6.07, 6.45) is 1.61. The standard InChI is InChI=1S/C10H6BrFN2S/c11-8-4-14-9(10(13)15)7-3-5(12)1-2-6(7)8/h1-4H,(H2,13,15). The number of aromatic nitrogens is 1. The molecular weight excluding hydrogens is 279 g/mol. The molecule has 0 aliphatic carbocycles. The summed E-state index contributed by atoms with van der Waals surface area (Å²) >= 11 is 8.19. The third-order valence-electron chi connectivity index (χ3n) is 2.03. The van der Waals surface area contributed by atoms with Crippen molar-refractivity contribution >= 4 is 43.9 Å². The summed E-state index contributed by atoms with van der Waals surface area (Å²) in [6.45, 7) is 0. The fourth-order valence-electron chi connectivity index (χ4n) is 1.38. The van der Waals surface area contributed by atoms with Crippen LogP contribution in [0.3, 0.4) is 0 Å². The van der Waals surface area contributed by atoms with Crippen molar-refractivity contribution in [2.24, 2.45) is 5.73 Å². The first kappa shape index (κ1) is 10.4. The minimum absolute atomic E-state index is 0.165. The topological polar surface area (TPSA) is 38.9 Å². The molecule has 15 heavy (non-hydrogen) atoms. The van der Waals surface area contributed by atoms with E-state index >= 15 is 0 Å². The summed E-state index contributed by atoms with van der Waals surface area (Å²) in [7, 11) is 0. The zero-order chi connectivity index (χ0) is 11.0. The fraction of sp³-hybridized carbons (Fsp3) is 0. The lowest BCUT2D eigenvalue weighted by atomic mass is 10.1. The van der Waals surface area contributed by atoms with Crippen LogP contribution in [-0.2, 0) is 0 Å². The highest BCUT2D eigenvalue weighted by Crippen LogP contribution is 2.25. The van der Waals surface area contributed by atoms with Crippen molar-refractivity contribution in [3.63, 3.8) is 0 Å². The molecule has 0 bridgehead atoms. The van der Waals surface area contributed by atoms with Gasteiger partial charge in [-0.2, -0.15) is 0 Å². The molecule has 1 aromatic carbocycles. The van der Waals surface area contributed by atoms with Gasteiger partial charge in [-0.05, 0) is 33.4 Å². The highest BCUT2D eigenvalue weighted by Gasteiger charge is 2.08. The number of rotatable bonds is 1. The van der Waals surface area contributed by atoms with Gasteiger partial charge in [0.05, 0.1) is 0 Å². The molecule has 0 aliphatic rings. The Kier molecular flexibility index (Phi) is 2.67. The van der Waals surface area contributed by atoms with E-state index in [0.717, 1.165) is 9.86 Å². The van der Waals surface area contributed by atoms with Crippen molar-refractivity contribution in [3.8, 4) is 0 Å². The number of nitrogens with zero attached hydrogens (tertiary/aromatic N) is 1. The highest BCUT2D eigenvalue weighted by atomic mass is 79.9. The first-order valence-electron chi connectivity index (χ1n) is 4.13. The van der Waals surface area contributed by atoms with Gasteiger partial charge in [-0.3, -0.25) is 4.98 Å². The van der Waals surface area contributed by atoms with Crippen LogP contribution in [-0.4, -0.2) is 9.97 Å². The van der Waals surface area contributed by atoms with Crippen LogP contribution < -0.4 is 5.73 Å². The summed E-state index contributed by atoms with van der Waals surface area (Å²) < 4.78 is 13.9. The van der Waals surface area contributed by atoms with Gasteiger partial charge in [-0.15, -0.1) is 0 Å². The van der Waals surface area contributed by atoms with Gasteiger partial charge in [-0.25, -0.2) is 4.39 Å². The molecule has 0 unspecified atom stereocenters. The minimum Gasteiger partial charge on any atom is -0.388 e. The summed E-state index contributed by atoms with van der Waals surface area (Å²) in [4.78, 5) is 4.23. The third kappa shape index (κ3) is 1.85. The maximum absolute atomic E-state index is 13.1. The van der Waals surface area contributed by atoms with Crippen molar-refractivity contribution in [2.45, 2.75) is 0 Å². The van der Waals surface area contributed by atoms with Crippen LogP contribution in [0, 0.1) is 5.82 Å². The van der Waals surface area contributed by atoms with Crippen LogP contribution in [0.1, 0.15) is 5.69 Å². The van der Waals surface area contributed by atoms with Gasteiger partial charge in [0.25, 0.3) is 0 Å². The number of fused-ring (bicyclic) bond motifs is 1. The Labute approximate surface area is 99.4 Å². The fourth-order valence-corrected chi connectivity index (χ4v) is 1.99. The summed E-state index contributed by atoms with van der Waals surface area (Å²) in [5.41, 5.74) is 5.96. The van der Waals surface area contributed by atoms with E-state index in [1.807, 2.05) is 0 Å². The monoisotopic (exact) mass is 284 g/mol. The average Bonchev–Trinajstić information content (AvgIpc) is 2.17. The van der Waals surface area contributed by atoms with E-state index in [-0.39, 0.29) is 10.8 Å². The normalized spacial score (nSPS) is 10.5. The average molecular weight is 285 g/mol. The molecule has 0 fully saturated rings. The number of benzene rings is 1. The van der Waals surface area contributed by atoms with Gasteiger partial charge in [0, 0.05) is 16.1 Å². The number of thiocarbonyl (C=S) groups is 1. The molecule has 1 heterocycles. The van der Waals surface area contributed by atoms with Crippen molar-refractivity contribution in [2.75, 3.05) is 0 Å². The van der Waals surface area contributed by atoms with E-state index < -0.39 is 0 Å². The molecule has 2 aromatic rings. The lowest BCUT2D eigenvalue weighted by Gasteiger charge is -2.05. The molecule has 0 spiro atoms. The summed E-state index contributed by atoms with van der Waals surface area (Å²) in [5, 5.41) is 1.46. The van der Waals surface area contributed by atoms with Gasteiger partial charge in [0.1, 0.15) is 16.5 Å². The molecule has 0 atom stereocenters. The van der Waals surface area contributed by atoms with Gasteiger partial charge in [0.2, 0.25) is 0 Å². The van der Waals surface area contributed by atoms with E-state index in [9.17, 15) is 4.39 Å². The molecular formula is C10H6BrFN2S. The SMILES string of the molecule is NC(=S)c1ncc(Br)c2ccc(F)cc12. The van der Waals surface area contributed by atoms with Crippen LogP contribution in [0.4, 0.5) is 4.39 Å². The van der Waals surface area contributed by atoms with E-state index in [0.29, 0.717) is 11.1 Å². The van der Waals surface area contributed by atoms with Gasteiger partial charge in [-0.1, -0.05) is 18.3 Å². The van der Waals surface area contributed by atoms with Crippen LogP contribution >= 0.6 is 28.1 Å². The smallest absolute Gasteiger partial charge is 0.123 e. The molecule has 2 rings (SSSR count). The van der Waals surface area contributed by atoms with Crippen molar-refractivity contribution < 1.29 is 4.39 Å². The second-order valence-corrected chi connectivity index (χ2v) is 4.30. The number of nitrogens with two attached hydrogens (primary N) is 1. The molecule has 0 saturated heterocycles. The quantitative estimate of drug-likeness (QED) is 0.819. The maximum Gasteiger partial charge on any atom is 0.123 e. The summed E-state index contributed by atoms with van der Waals surface area (Å²) in [5.74, 6) is -0.333. The Hall–Kier alpha value is -1.07. The molecule has 2 N–H and O–H groups in total. The maximum atomic E-state index is 13.1. The van der Waals surface area contributed by atoms with Crippen LogP contribution in [0.2, 0.25) is 0 Å². The van der Waals surface area contributed by atoms with E-state index in [1.54, 1.807) is 12.3 Å². The second kappa shape index (κ2) is 3.83. The van der Waals surface area contributed by atoms with Gasteiger partial charge in [0.15, 0.2) is 0 Å². The molecule has 5 heteroatoms. The van der Waals surface area contributed by atoms with E-state index in [2.05, 4.69) is 20.9 Å². The van der Waals surface area contributed by atoms with Gasteiger partial charge >= 0.3 is 0 Å². The minimum atomic E-state index is -0.333. The Bertz CT molecular complexity index is 556. The van der Waals surface area contributed by atoms with E-state index in [1.165, 1.54) is 12.1 Å². The van der Waals surface area contributed by atoms with Gasteiger partial charge < -0.3 is 5.73 Å². The molecule has 76 valence electrons. The molecule has 0 saturated carbocycles. The van der Waals surface area contributed by atoms with Crippen molar-refractivity contribution in [1.82, 2.24) is 4.98 Å². The van der Waals surface area contributed by atoms with E-state index in [4.69, 9.17) is 18.0 Å². The lowest BCUT2D eigenvalue weighted by Crippen LogP contribution is -2.12. The van der Waals surface area contributed by atoms with Crippen LogP contribution in [0.25, 0.3) is 10.8 Å². The first-order valence-corrected chi connectivity index (χ1v) is 5.33. The second-order valence-electron chi connectivity index (χ2n) is 3.01. The van der Waals surface area contributed by atoms with Crippen LogP contribution in [0.5, 0.6) is 0 Å². The molecule has 0 aliphatic heterocycles. The number of hydrogen-bond acceptors (Lipinski definition) is 2. The number of hydrogen-bond donors (Lipinski definition) is 1. The third-order valence-corrected chi connectivity index (χ3v) is 2.86. The predicted molar refractivity (Wildman–Crippen MR) is 65.3 cm³/mol. The predicted octanol–water partition coefficient (Wildman–Crippen LogP) is 2.77. The largest absolute Gasteiger partial charge is 0.388 e. The van der Waals surface area contributed by atoms with Crippen LogP contribution in [0.15, 0.2) is 28.9 Å².